The molecule has 0 saturated heterocycles. The van der Waals surface area contributed by atoms with Crippen molar-refractivity contribution in [3.63, 3.8) is 0 Å². The van der Waals surface area contributed by atoms with Crippen LogP contribution >= 0.6 is 15.6 Å². The van der Waals surface area contributed by atoms with Crippen LogP contribution in [0.4, 0.5) is 0 Å². The fraction of sp³-hybridized carbons (Fsp3) is 0.939. The largest absolute Gasteiger partial charge is 0.472 e. The van der Waals surface area contributed by atoms with E-state index in [-0.39, 0.29) is 25.7 Å². The lowest BCUT2D eigenvalue weighted by atomic mass is 9.99. The quantitative estimate of drug-likeness (QED) is 0.0222. The molecule has 3 unspecified atom stereocenters. The average Bonchev–Trinajstić information content (AvgIpc) is 3.48. The normalized spacial score (nSPS) is 14.7. The van der Waals surface area contributed by atoms with Crippen LogP contribution in [0.25, 0.3) is 0 Å². The molecule has 0 aromatic heterocycles. The predicted octanol–water partition coefficient (Wildman–Crippen LogP) is 18.1. The molecule has 6 atom stereocenters. The number of hydrogen-bond donors (Lipinski definition) is 3. The summed E-state index contributed by atoms with van der Waals surface area (Å²) in [6.45, 7) is 14.0. The van der Waals surface area contributed by atoms with Gasteiger partial charge in [-0.2, -0.15) is 0 Å². The third kappa shape index (κ3) is 59.5. The average molecular weight is 1260 g/mol. The summed E-state index contributed by atoms with van der Waals surface area (Å²) < 4.78 is 68.0. The van der Waals surface area contributed by atoms with Gasteiger partial charge in [0.1, 0.15) is 19.3 Å². The smallest absolute Gasteiger partial charge is 0.462 e. The van der Waals surface area contributed by atoms with Crippen LogP contribution in [-0.4, -0.2) is 96.7 Å². The molecule has 504 valence electrons. The summed E-state index contributed by atoms with van der Waals surface area (Å²) in [5.41, 5.74) is 0. The predicted molar refractivity (Wildman–Crippen MR) is 340 cm³/mol. The van der Waals surface area contributed by atoms with Crippen molar-refractivity contribution in [3.05, 3.63) is 0 Å². The van der Waals surface area contributed by atoms with E-state index in [1.807, 2.05) is 0 Å². The Morgan fingerprint density at radius 3 is 0.835 bits per heavy atom. The van der Waals surface area contributed by atoms with Gasteiger partial charge in [0.05, 0.1) is 26.4 Å². The maximum atomic E-state index is 13.0. The van der Waals surface area contributed by atoms with Gasteiger partial charge in [-0.3, -0.25) is 37.3 Å². The zero-order chi connectivity index (χ0) is 63.2. The van der Waals surface area contributed by atoms with Crippen LogP contribution in [0.15, 0.2) is 0 Å². The summed E-state index contributed by atoms with van der Waals surface area (Å²) in [6.07, 6.45) is 36.4. The monoisotopic (exact) mass is 1250 g/mol. The van der Waals surface area contributed by atoms with E-state index >= 15 is 0 Å². The van der Waals surface area contributed by atoms with Crippen LogP contribution in [0.3, 0.4) is 0 Å². The molecule has 0 fully saturated rings. The summed E-state index contributed by atoms with van der Waals surface area (Å²) >= 11 is 0. The zero-order valence-electron chi connectivity index (χ0n) is 55.2. The van der Waals surface area contributed by atoms with Crippen molar-refractivity contribution >= 4 is 39.5 Å². The number of phosphoric ester groups is 2. The summed E-state index contributed by atoms with van der Waals surface area (Å²) in [5.74, 6) is 0.770. The first kappa shape index (κ1) is 83.1. The highest BCUT2D eigenvalue weighted by atomic mass is 31.2. The van der Waals surface area contributed by atoms with Gasteiger partial charge >= 0.3 is 39.5 Å². The molecule has 0 rings (SSSR count). The Labute approximate surface area is 517 Å². The molecule has 19 heteroatoms. The third-order valence-corrected chi connectivity index (χ3v) is 17.3. The first-order chi connectivity index (χ1) is 40.6. The minimum atomic E-state index is -4.95. The lowest BCUT2D eigenvalue weighted by Crippen LogP contribution is -2.30. The molecule has 0 amide bonds. The van der Waals surface area contributed by atoms with Gasteiger partial charge < -0.3 is 33.8 Å². The van der Waals surface area contributed by atoms with E-state index in [2.05, 4.69) is 55.4 Å². The van der Waals surface area contributed by atoms with Gasteiger partial charge in [-0.05, 0) is 49.4 Å². The number of unbranched alkanes of at least 4 members (excludes halogenated alkanes) is 28. The Morgan fingerprint density at radius 1 is 0.329 bits per heavy atom. The Morgan fingerprint density at radius 2 is 0.565 bits per heavy atom. The Kier molecular flexibility index (Phi) is 54.8. The van der Waals surface area contributed by atoms with Crippen molar-refractivity contribution in [2.75, 3.05) is 39.6 Å². The number of carbonyl (C=O) groups is 4. The van der Waals surface area contributed by atoms with E-state index in [0.717, 1.165) is 108 Å². The van der Waals surface area contributed by atoms with Crippen molar-refractivity contribution in [3.8, 4) is 0 Å². The summed E-state index contributed by atoms with van der Waals surface area (Å²) in [5, 5.41) is 10.5. The van der Waals surface area contributed by atoms with Crippen LogP contribution in [-0.2, 0) is 65.4 Å². The van der Waals surface area contributed by atoms with E-state index in [4.69, 9.17) is 37.0 Å². The fourth-order valence-corrected chi connectivity index (χ4v) is 11.3. The van der Waals surface area contributed by atoms with E-state index < -0.39 is 97.5 Å². The maximum absolute atomic E-state index is 13.0. The van der Waals surface area contributed by atoms with Crippen LogP contribution in [0.5, 0.6) is 0 Å². The molecule has 0 aliphatic rings. The highest BCUT2D eigenvalue weighted by Gasteiger charge is 2.30. The van der Waals surface area contributed by atoms with E-state index in [9.17, 15) is 43.2 Å². The van der Waals surface area contributed by atoms with Crippen molar-refractivity contribution in [2.45, 2.75) is 337 Å². The number of esters is 4. The Balaban J connectivity index is 5.22. The molecule has 0 spiro atoms. The number of hydrogen-bond acceptors (Lipinski definition) is 15. The van der Waals surface area contributed by atoms with Gasteiger partial charge in [-0.1, -0.05) is 267 Å². The maximum Gasteiger partial charge on any atom is 0.472 e. The van der Waals surface area contributed by atoms with Gasteiger partial charge in [0.15, 0.2) is 12.2 Å². The highest BCUT2D eigenvalue weighted by Crippen LogP contribution is 2.45. The van der Waals surface area contributed by atoms with Gasteiger partial charge in [0.25, 0.3) is 0 Å². The lowest BCUT2D eigenvalue weighted by Gasteiger charge is -2.21. The first-order valence-electron chi connectivity index (χ1n) is 34.2. The molecule has 0 aliphatic heterocycles. The Hall–Kier alpha value is -1.94. The third-order valence-electron chi connectivity index (χ3n) is 15.4. The molecular weight excluding hydrogens is 1130 g/mol. The number of aliphatic hydroxyl groups is 1. The van der Waals surface area contributed by atoms with E-state index in [1.165, 1.54) is 116 Å². The van der Waals surface area contributed by atoms with Gasteiger partial charge in [0.2, 0.25) is 0 Å². The highest BCUT2D eigenvalue weighted by molar-refractivity contribution is 7.47. The second-order valence-corrected chi connectivity index (χ2v) is 28.4. The first-order valence-corrected chi connectivity index (χ1v) is 37.2. The van der Waals surface area contributed by atoms with Gasteiger partial charge in [0, 0.05) is 25.7 Å². The summed E-state index contributed by atoms with van der Waals surface area (Å²) in [7, 11) is -9.89. The molecular formula is C66H128O17P2. The molecule has 0 heterocycles. The van der Waals surface area contributed by atoms with Crippen LogP contribution < -0.4 is 0 Å². The fourth-order valence-electron chi connectivity index (χ4n) is 9.75. The molecule has 0 radical (unpaired) electrons. The van der Waals surface area contributed by atoms with Crippen LogP contribution in [0, 0.1) is 23.7 Å². The topological polar surface area (TPSA) is 237 Å². The van der Waals surface area contributed by atoms with E-state index in [0.29, 0.717) is 37.5 Å². The molecule has 0 aromatic rings. The molecule has 0 saturated carbocycles. The van der Waals surface area contributed by atoms with Crippen LogP contribution in [0.2, 0.25) is 0 Å². The van der Waals surface area contributed by atoms with Crippen molar-refractivity contribution in [2.24, 2.45) is 23.7 Å². The SMILES string of the molecule is CCC(C)CCCCCCCCCCCCC(=O)O[C@H](COC(=O)CCCCCCCCC(C)C)COP(=O)(O)OC[C@H](O)COP(=O)(O)OC[C@@H](COC(=O)CCCCCCCCCCCCC(C)C)OC(=O)CCCCCCCCC(C)C. The second-order valence-electron chi connectivity index (χ2n) is 25.5. The van der Waals surface area contributed by atoms with Gasteiger partial charge in [-0.15, -0.1) is 0 Å². The summed E-state index contributed by atoms with van der Waals surface area (Å²) in [4.78, 5) is 72.3. The van der Waals surface area contributed by atoms with E-state index in [1.54, 1.807) is 0 Å². The number of aliphatic hydroxyl groups excluding tert-OH is 1. The molecule has 0 bridgehead atoms. The number of ether oxygens (including phenoxy) is 4. The molecule has 3 N–H and O–H groups in total. The molecule has 0 aliphatic carbocycles. The van der Waals surface area contributed by atoms with Crippen LogP contribution in [0.1, 0.15) is 319 Å². The molecule has 85 heavy (non-hydrogen) atoms. The number of rotatable bonds is 63. The lowest BCUT2D eigenvalue weighted by molar-refractivity contribution is -0.161. The van der Waals surface area contributed by atoms with Crippen molar-refractivity contribution in [1.82, 2.24) is 0 Å². The summed E-state index contributed by atoms with van der Waals surface area (Å²) in [6, 6.07) is 0. The molecule has 17 nitrogen and oxygen atoms in total. The second kappa shape index (κ2) is 56.1. The number of carbonyl (C=O) groups excluding carboxylic acids is 4. The van der Waals surface area contributed by atoms with Gasteiger partial charge in [-0.25, -0.2) is 9.13 Å². The van der Waals surface area contributed by atoms with Crippen molar-refractivity contribution < 1.29 is 80.2 Å². The molecule has 0 aromatic carbocycles. The zero-order valence-corrected chi connectivity index (χ0v) is 57.0. The standard InChI is InChI=1S/C66H128O17P2/c1-9-59(8)45-37-29-19-15-11-13-17-21-32-40-48-65(70)82-61(53-77-64(69)47-39-31-24-22-27-35-43-57(4)5)54-80-84(72,73)78-50-60(67)51-79-85(74,75)81-55-62(83-66(71)49-41-33-25-23-28-36-44-58(6)7)52-76-63(68)46-38-30-20-16-12-10-14-18-26-34-42-56(2)3/h56-62,67H,9-55H2,1-8H3,(H,72,73)(H,74,75)/t59?,60-,61+,62+/m0/s1. The Bertz CT molecular complexity index is 1700. The minimum Gasteiger partial charge on any atom is -0.462 e. The van der Waals surface area contributed by atoms with Crippen molar-refractivity contribution in [1.29, 1.82) is 0 Å². The number of phosphoric acid groups is 2. The minimum absolute atomic E-state index is 0.101.